The van der Waals surface area contributed by atoms with Gasteiger partial charge in [0.1, 0.15) is 23.5 Å². The molecule has 0 saturated heterocycles. The normalized spacial score (nSPS) is 30.4. The minimum Gasteiger partial charge on any atom is -0.511 e. The number of hydrogen-bond donors (Lipinski definition) is 4. The van der Waals surface area contributed by atoms with E-state index in [1.165, 1.54) is 6.92 Å². The van der Waals surface area contributed by atoms with E-state index >= 15 is 0 Å². The van der Waals surface area contributed by atoms with E-state index in [0.29, 0.717) is 36.8 Å². The van der Waals surface area contributed by atoms with E-state index in [-0.39, 0.29) is 23.3 Å². The van der Waals surface area contributed by atoms with Gasteiger partial charge in [-0.1, -0.05) is 12.1 Å². The lowest BCUT2D eigenvalue weighted by atomic mass is 9.51. The highest BCUT2D eigenvalue weighted by molar-refractivity contribution is 6.16. The third kappa shape index (κ3) is 4.30. The number of primary amides is 1. The summed E-state index contributed by atoms with van der Waals surface area (Å²) in [5, 5.41) is 36.3. The number of benzene rings is 1. The van der Waals surface area contributed by atoms with Gasteiger partial charge >= 0.3 is 0 Å². The summed E-state index contributed by atoms with van der Waals surface area (Å²) in [6.45, 7) is 3.37. The van der Waals surface area contributed by atoms with E-state index in [2.05, 4.69) is 5.18 Å². The first-order valence-electron chi connectivity index (χ1n) is 13.8. The highest BCUT2D eigenvalue weighted by Crippen LogP contribution is 2.57. The van der Waals surface area contributed by atoms with Crippen molar-refractivity contribution in [3.05, 3.63) is 39.0 Å². The minimum absolute atomic E-state index is 0.0450. The maximum Gasteiger partial charge on any atom is 0.230 e. The quantitative estimate of drug-likeness (QED) is 0.276. The van der Waals surface area contributed by atoms with Crippen molar-refractivity contribution in [1.29, 1.82) is 0 Å². The predicted octanol–water partition coefficient (Wildman–Crippen LogP) is 2.10. The Kier molecular flexibility index (Phi) is 7.85. The van der Waals surface area contributed by atoms with Gasteiger partial charge in [-0.25, -0.2) is 0 Å². The number of likely N-dealkylation sites (N-methyl/N-ethyl adjacent to an activating group) is 1. The number of aliphatic hydroxyl groups is 2. The second kappa shape index (κ2) is 10.6. The molecule has 1 aromatic rings. The average Bonchev–Trinajstić information content (AvgIpc) is 2.88. The van der Waals surface area contributed by atoms with Crippen LogP contribution in [0.2, 0.25) is 0 Å². The number of aromatic hydroxyl groups is 1. The SMILES string of the molecule is CCC(O)CCc1cc(N(C)C)c2c(c1O)C(=O)C1=C(O)[C@]3(C)C(=O)C(C(N)=O)C(N=O)C(N(C)C)[C@@H]3C[C@@H]1C2. The molecule has 40 heavy (non-hydrogen) atoms. The van der Waals surface area contributed by atoms with Crippen LogP contribution in [0.1, 0.15) is 54.6 Å². The molecule has 11 heteroatoms. The Balaban J connectivity index is 1.92. The molecule has 0 bridgehead atoms. The van der Waals surface area contributed by atoms with Crippen LogP contribution >= 0.6 is 0 Å². The zero-order valence-electron chi connectivity index (χ0n) is 24.0. The second-order valence-corrected chi connectivity index (χ2v) is 12.1. The van der Waals surface area contributed by atoms with Crippen LogP contribution in [0.15, 0.2) is 22.6 Å². The Labute approximate surface area is 234 Å². The largest absolute Gasteiger partial charge is 0.511 e. The Morgan fingerprint density at radius 1 is 1.23 bits per heavy atom. The van der Waals surface area contributed by atoms with Crippen LogP contribution in [0.25, 0.3) is 0 Å². The molecule has 1 amide bonds. The number of phenolic OH excluding ortho intramolecular Hbond substituents is 1. The zero-order valence-corrected chi connectivity index (χ0v) is 24.0. The summed E-state index contributed by atoms with van der Waals surface area (Å²) in [7, 11) is 7.12. The van der Waals surface area contributed by atoms with Crippen LogP contribution < -0.4 is 10.6 Å². The third-order valence-corrected chi connectivity index (χ3v) is 9.44. The molecule has 0 aliphatic heterocycles. The molecule has 11 nitrogen and oxygen atoms in total. The summed E-state index contributed by atoms with van der Waals surface area (Å²) in [5.74, 6) is -5.59. The van der Waals surface area contributed by atoms with E-state index in [9.17, 15) is 34.6 Å². The average molecular weight is 557 g/mol. The Hall–Kier alpha value is -3.31. The molecule has 1 fully saturated rings. The summed E-state index contributed by atoms with van der Waals surface area (Å²) < 4.78 is 0. The maximum atomic E-state index is 14.2. The number of Topliss-reactive ketones (excluding diaryl/α,β-unsaturated/α-hetero) is 2. The fourth-order valence-corrected chi connectivity index (χ4v) is 7.27. The van der Waals surface area contributed by atoms with Crippen molar-refractivity contribution in [2.24, 2.45) is 34.1 Å². The topological polar surface area (TPSA) is 174 Å². The molecule has 4 unspecified atom stereocenters. The molecule has 5 N–H and O–H groups in total. The van der Waals surface area contributed by atoms with Gasteiger partial charge in [0.25, 0.3) is 0 Å². The molecular formula is C29H40N4O7. The lowest BCUT2D eigenvalue weighted by Gasteiger charge is -2.54. The smallest absolute Gasteiger partial charge is 0.230 e. The van der Waals surface area contributed by atoms with E-state index in [1.807, 2.05) is 32.0 Å². The van der Waals surface area contributed by atoms with Crippen LogP contribution in [0.3, 0.4) is 0 Å². The predicted molar refractivity (Wildman–Crippen MR) is 149 cm³/mol. The van der Waals surface area contributed by atoms with Gasteiger partial charge in [-0.2, -0.15) is 4.91 Å². The standard InChI is InChI=1S/C29H40N4O7/c1-7-15(34)9-8-13-12-18(32(3)4)16-10-14-11-17-23(33(5)6)22(31-40)21(28(30)39)27(38)29(17,2)26(37)19(14)25(36)20(16)24(13)35/h12,14-15,17,21-23,34-35,37H,7-11H2,1-6H3,(H2,30,39)/t14-,15?,17-,21?,22?,23?,29+/m0/s1. The molecule has 0 aromatic heterocycles. The first-order chi connectivity index (χ1) is 18.7. The highest BCUT2D eigenvalue weighted by atomic mass is 16.3. The molecule has 1 aromatic carbocycles. The zero-order chi connectivity index (χ0) is 29.8. The van der Waals surface area contributed by atoms with E-state index in [1.54, 1.807) is 19.0 Å². The molecule has 0 spiro atoms. The monoisotopic (exact) mass is 556 g/mol. The Morgan fingerprint density at radius 3 is 2.40 bits per heavy atom. The number of aliphatic hydroxyl groups excluding tert-OH is 2. The number of rotatable bonds is 8. The maximum absolute atomic E-state index is 14.2. The number of aryl methyl sites for hydroxylation is 1. The minimum atomic E-state index is -1.66. The number of carbonyl (C=O) groups excluding carboxylic acids is 3. The van der Waals surface area contributed by atoms with Gasteiger partial charge in [0, 0.05) is 31.4 Å². The van der Waals surface area contributed by atoms with Gasteiger partial charge in [0.05, 0.1) is 17.1 Å². The van der Waals surface area contributed by atoms with Crippen molar-refractivity contribution in [1.82, 2.24) is 4.90 Å². The molecule has 7 atom stereocenters. The summed E-state index contributed by atoms with van der Waals surface area (Å²) in [6.07, 6.45) is 1.36. The first kappa shape index (κ1) is 29.7. The molecule has 4 rings (SSSR count). The van der Waals surface area contributed by atoms with Gasteiger partial charge < -0.3 is 30.9 Å². The number of amides is 1. The number of fused-ring (bicyclic) bond motifs is 3. The fourth-order valence-electron chi connectivity index (χ4n) is 7.27. The molecule has 1 saturated carbocycles. The van der Waals surface area contributed by atoms with E-state index in [4.69, 9.17) is 5.73 Å². The first-order valence-corrected chi connectivity index (χ1v) is 13.8. The number of carbonyl (C=O) groups is 3. The summed E-state index contributed by atoms with van der Waals surface area (Å²) in [5.41, 5.74) is 5.95. The van der Waals surface area contributed by atoms with Crippen LogP contribution in [0.5, 0.6) is 5.75 Å². The van der Waals surface area contributed by atoms with Crippen LogP contribution in [0, 0.1) is 28.1 Å². The van der Waals surface area contributed by atoms with Gasteiger partial charge in [-0.15, -0.1) is 0 Å². The summed E-state index contributed by atoms with van der Waals surface area (Å²) >= 11 is 0. The third-order valence-electron chi connectivity index (χ3n) is 9.44. The molecular weight excluding hydrogens is 516 g/mol. The van der Waals surface area contributed by atoms with Crippen LogP contribution in [-0.4, -0.2) is 84.1 Å². The Bertz CT molecular complexity index is 1290. The molecule has 0 radical (unpaired) electrons. The van der Waals surface area contributed by atoms with E-state index < -0.39 is 64.6 Å². The highest BCUT2D eigenvalue weighted by Gasteiger charge is 2.65. The molecule has 0 heterocycles. The van der Waals surface area contributed by atoms with Crippen molar-refractivity contribution < 1.29 is 29.7 Å². The molecule has 3 aliphatic rings. The lowest BCUT2D eigenvalue weighted by molar-refractivity contribution is -0.151. The second-order valence-electron chi connectivity index (χ2n) is 12.1. The van der Waals surface area contributed by atoms with Gasteiger partial charge in [-0.3, -0.25) is 14.4 Å². The van der Waals surface area contributed by atoms with Crippen LogP contribution in [0.4, 0.5) is 5.69 Å². The Morgan fingerprint density at radius 2 is 1.88 bits per heavy atom. The van der Waals surface area contributed by atoms with Gasteiger partial charge in [0.2, 0.25) is 5.91 Å². The number of hydrogen-bond acceptors (Lipinski definition) is 10. The van der Waals surface area contributed by atoms with Gasteiger partial charge in [0.15, 0.2) is 11.6 Å². The van der Waals surface area contributed by atoms with Crippen molar-refractivity contribution in [2.75, 3.05) is 33.1 Å². The number of phenols is 1. The fraction of sp³-hybridized carbons (Fsp3) is 0.621. The molecule has 218 valence electrons. The summed E-state index contributed by atoms with van der Waals surface area (Å²) in [6, 6.07) is -0.0876. The number of anilines is 1. The van der Waals surface area contributed by atoms with Crippen molar-refractivity contribution in [3.8, 4) is 5.75 Å². The van der Waals surface area contributed by atoms with E-state index in [0.717, 1.165) is 5.69 Å². The summed E-state index contributed by atoms with van der Waals surface area (Å²) in [4.78, 5) is 56.0. The number of nitrogens with zero attached hydrogens (tertiary/aromatic N) is 3. The van der Waals surface area contributed by atoms with Crippen molar-refractivity contribution in [2.45, 2.75) is 64.1 Å². The number of ketones is 2. The van der Waals surface area contributed by atoms with Crippen LogP contribution in [-0.2, 0) is 22.4 Å². The number of nitrogens with two attached hydrogens (primary N) is 1. The lowest BCUT2D eigenvalue weighted by Crippen LogP contribution is -2.66. The number of allylic oxidation sites excluding steroid dienone is 2. The van der Waals surface area contributed by atoms with Crippen molar-refractivity contribution >= 4 is 23.2 Å². The number of nitroso groups, excluding NO2 is 1. The van der Waals surface area contributed by atoms with Gasteiger partial charge in [-0.05, 0) is 82.2 Å². The van der Waals surface area contributed by atoms with Crippen molar-refractivity contribution in [3.63, 3.8) is 0 Å². The molecule has 3 aliphatic carbocycles.